The van der Waals surface area contributed by atoms with Crippen molar-refractivity contribution in [2.75, 3.05) is 0 Å². The van der Waals surface area contributed by atoms with E-state index in [1.165, 1.54) is 38.5 Å². The van der Waals surface area contributed by atoms with E-state index < -0.39 is 0 Å². The lowest BCUT2D eigenvalue weighted by molar-refractivity contribution is 0.302. The predicted octanol–water partition coefficient (Wildman–Crippen LogP) is 3.88. The summed E-state index contributed by atoms with van der Waals surface area (Å²) in [6.07, 6.45) is 9.82. The first-order chi connectivity index (χ1) is 9.11. The first kappa shape index (κ1) is 14.4. The van der Waals surface area contributed by atoms with Crippen molar-refractivity contribution in [1.82, 2.24) is 9.97 Å². The van der Waals surface area contributed by atoms with E-state index in [9.17, 15) is 0 Å². The Bertz CT molecular complexity index is 406. The van der Waals surface area contributed by atoms with Crippen molar-refractivity contribution in [1.29, 1.82) is 0 Å². The molecule has 2 rings (SSSR count). The molecule has 0 radical (unpaired) electrons. The van der Waals surface area contributed by atoms with Gasteiger partial charge in [0.05, 0.1) is 0 Å². The van der Waals surface area contributed by atoms with Crippen LogP contribution in [0.5, 0.6) is 0 Å². The summed E-state index contributed by atoms with van der Waals surface area (Å²) in [5, 5.41) is 0. The second-order valence-corrected chi connectivity index (χ2v) is 6.06. The monoisotopic (exact) mass is 261 g/mol. The van der Waals surface area contributed by atoms with Gasteiger partial charge >= 0.3 is 0 Å². The van der Waals surface area contributed by atoms with Crippen molar-refractivity contribution in [3.8, 4) is 0 Å². The lowest BCUT2D eigenvalue weighted by atomic mass is 9.79. The van der Waals surface area contributed by atoms with E-state index in [2.05, 4.69) is 11.9 Å². The van der Waals surface area contributed by atoms with E-state index in [1.807, 2.05) is 20.0 Å². The highest BCUT2D eigenvalue weighted by Gasteiger charge is 2.24. The van der Waals surface area contributed by atoms with Crippen molar-refractivity contribution in [3.63, 3.8) is 0 Å². The highest BCUT2D eigenvalue weighted by atomic mass is 14.9. The van der Waals surface area contributed by atoms with E-state index in [0.717, 1.165) is 23.0 Å². The Balaban J connectivity index is 2.02. The van der Waals surface area contributed by atoms with Crippen molar-refractivity contribution < 1.29 is 0 Å². The highest BCUT2D eigenvalue weighted by Crippen LogP contribution is 2.36. The van der Waals surface area contributed by atoms with Crippen molar-refractivity contribution >= 4 is 0 Å². The zero-order valence-corrected chi connectivity index (χ0v) is 12.5. The Kier molecular flexibility index (Phi) is 4.92. The van der Waals surface area contributed by atoms with Gasteiger partial charge in [0, 0.05) is 29.4 Å². The Morgan fingerprint density at radius 3 is 2.53 bits per heavy atom. The van der Waals surface area contributed by atoms with E-state index in [1.54, 1.807) is 0 Å². The maximum Gasteiger partial charge on any atom is 0.131 e. The molecule has 0 saturated heterocycles. The minimum atomic E-state index is 0.0225. The van der Waals surface area contributed by atoms with Gasteiger partial charge in [-0.2, -0.15) is 0 Å². The minimum Gasteiger partial charge on any atom is -0.324 e. The second kappa shape index (κ2) is 6.47. The minimum absolute atomic E-state index is 0.0225. The molecule has 0 unspecified atom stereocenters. The van der Waals surface area contributed by atoms with Gasteiger partial charge in [0.2, 0.25) is 0 Å². The molecular weight excluding hydrogens is 234 g/mol. The Morgan fingerprint density at radius 2 is 2.00 bits per heavy atom. The molecule has 1 atom stereocenters. The van der Waals surface area contributed by atoms with Crippen LogP contribution >= 0.6 is 0 Å². The topological polar surface area (TPSA) is 51.8 Å². The van der Waals surface area contributed by atoms with Gasteiger partial charge in [0.25, 0.3) is 0 Å². The zero-order valence-electron chi connectivity index (χ0n) is 12.5. The molecule has 19 heavy (non-hydrogen) atoms. The van der Waals surface area contributed by atoms with Gasteiger partial charge in [-0.1, -0.05) is 19.8 Å². The summed E-state index contributed by atoms with van der Waals surface area (Å²) in [4.78, 5) is 9.26. The third kappa shape index (κ3) is 3.53. The molecular formula is C16H27N3. The fraction of sp³-hybridized carbons (Fsp3) is 0.750. The van der Waals surface area contributed by atoms with Gasteiger partial charge in [-0.3, -0.25) is 0 Å². The highest BCUT2D eigenvalue weighted by molar-refractivity contribution is 5.20. The molecule has 1 fully saturated rings. The summed E-state index contributed by atoms with van der Waals surface area (Å²) >= 11 is 0. The number of hydrogen-bond acceptors (Lipinski definition) is 3. The van der Waals surface area contributed by atoms with Gasteiger partial charge in [-0.15, -0.1) is 0 Å². The van der Waals surface area contributed by atoms with Crippen LogP contribution in [-0.2, 0) is 0 Å². The Labute approximate surface area is 117 Å². The first-order valence-corrected chi connectivity index (χ1v) is 7.70. The maximum absolute atomic E-state index is 5.91. The van der Waals surface area contributed by atoms with Gasteiger partial charge in [0.1, 0.15) is 5.82 Å². The molecule has 0 spiro atoms. The third-order valence-corrected chi connectivity index (χ3v) is 4.44. The van der Waals surface area contributed by atoms with Crippen LogP contribution in [0.3, 0.4) is 0 Å². The summed E-state index contributed by atoms with van der Waals surface area (Å²) in [7, 11) is 0. The van der Waals surface area contributed by atoms with Crippen LogP contribution in [0.1, 0.15) is 81.4 Å². The zero-order chi connectivity index (χ0) is 13.8. The number of rotatable bonds is 4. The second-order valence-electron chi connectivity index (χ2n) is 6.06. The lowest BCUT2D eigenvalue weighted by Gasteiger charge is -2.27. The summed E-state index contributed by atoms with van der Waals surface area (Å²) < 4.78 is 0. The molecule has 1 aliphatic rings. The fourth-order valence-electron chi connectivity index (χ4n) is 3.26. The van der Waals surface area contributed by atoms with Gasteiger partial charge in [-0.25, -0.2) is 9.97 Å². The molecule has 0 amide bonds. The van der Waals surface area contributed by atoms with Gasteiger partial charge < -0.3 is 5.73 Å². The molecule has 1 aromatic rings. The molecule has 2 N–H and O–H groups in total. The molecule has 3 nitrogen and oxygen atoms in total. The van der Waals surface area contributed by atoms with E-state index in [0.29, 0.717) is 5.92 Å². The van der Waals surface area contributed by atoms with Crippen LogP contribution in [0.4, 0.5) is 0 Å². The first-order valence-electron chi connectivity index (χ1n) is 7.70. The molecule has 1 saturated carbocycles. The van der Waals surface area contributed by atoms with Gasteiger partial charge in [-0.05, 0) is 45.4 Å². The van der Waals surface area contributed by atoms with Crippen LogP contribution in [0.25, 0.3) is 0 Å². The normalized spacial score (nSPS) is 25.3. The largest absolute Gasteiger partial charge is 0.324 e. The van der Waals surface area contributed by atoms with Crippen LogP contribution in [0.15, 0.2) is 6.20 Å². The average molecular weight is 261 g/mol. The molecule has 1 aromatic heterocycles. The van der Waals surface area contributed by atoms with Crippen LogP contribution in [0, 0.1) is 12.8 Å². The molecule has 1 aliphatic carbocycles. The third-order valence-electron chi connectivity index (χ3n) is 4.44. The van der Waals surface area contributed by atoms with E-state index >= 15 is 0 Å². The number of aromatic nitrogens is 2. The molecule has 1 heterocycles. The molecule has 0 bridgehead atoms. The molecule has 0 aromatic carbocycles. The van der Waals surface area contributed by atoms with Crippen molar-refractivity contribution in [3.05, 3.63) is 23.3 Å². The van der Waals surface area contributed by atoms with Crippen LogP contribution < -0.4 is 5.73 Å². The quantitative estimate of drug-likeness (QED) is 0.895. The number of nitrogens with two attached hydrogens (primary N) is 1. The lowest BCUT2D eigenvalue weighted by Crippen LogP contribution is -2.17. The standard InChI is InChI=1S/C16H27N3/c1-4-5-13-6-8-14(9-7-13)16-18-10-15(11(2)17)12(3)19-16/h10-11,13-14H,4-9,17H2,1-3H3/t11-,13?,14?/m1/s1. The van der Waals surface area contributed by atoms with Crippen LogP contribution in [-0.4, -0.2) is 9.97 Å². The SMILES string of the molecule is CCCC1CCC(c2ncc([C@@H](C)N)c(C)n2)CC1. The van der Waals surface area contributed by atoms with Crippen molar-refractivity contribution in [2.24, 2.45) is 11.7 Å². The summed E-state index contributed by atoms with van der Waals surface area (Å²) in [6.45, 7) is 6.32. The van der Waals surface area contributed by atoms with E-state index in [-0.39, 0.29) is 6.04 Å². The summed E-state index contributed by atoms with van der Waals surface area (Å²) in [5.41, 5.74) is 8.04. The maximum atomic E-state index is 5.91. The fourth-order valence-corrected chi connectivity index (χ4v) is 3.26. The molecule has 3 heteroatoms. The van der Waals surface area contributed by atoms with Crippen LogP contribution in [0.2, 0.25) is 0 Å². The summed E-state index contributed by atoms with van der Waals surface area (Å²) in [5.74, 6) is 2.54. The smallest absolute Gasteiger partial charge is 0.131 e. The average Bonchev–Trinajstić information content (AvgIpc) is 2.39. The van der Waals surface area contributed by atoms with E-state index in [4.69, 9.17) is 10.7 Å². The number of aryl methyl sites for hydroxylation is 1. The van der Waals surface area contributed by atoms with Crippen molar-refractivity contribution in [2.45, 2.75) is 71.3 Å². The summed E-state index contributed by atoms with van der Waals surface area (Å²) in [6, 6.07) is 0.0225. The number of hydrogen-bond donors (Lipinski definition) is 1. The Hall–Kier alpha value is -0.960. The molecule has 106 valence electrons. The molecule has 0 aliphatic heterocycles. The predicted molar refractivity (Wildman–Crippen MR) is 79.0 cm³/mol. The number of nitrogens with zero attached hydrogens (tertiary/aromatic N) is 2. The Morgan fingerprint density at radius 1 is 1.32 bits per heavy atom. The van der Waals surface area contributed by atoms with Gasteiger partial charge in [0.15, 0.2) is 0 Å².